The molecule has 0 aromatic heterocycles. The van der Waals surface area contributed by atoms with Gasteiger partial charge in [-0.05, 0) is 67.3 Å². The number of aryl methyl sites for hydroxylation is 1. The average Bonchev–Trinajstić information content (AvgIpc) is 3.16. The SMILES string of the molecule is O=C1CCC(N2Cc3cc(N4CCN(CCCc5ccc(Br)cc5)CC4)ccc3C2=O)C(=O)N1. The molecule has 2 aromatic carbocycles. The predicted octanol–water partition coefficient (Wildman–Crippen LogP) is 2.96. The summed E-state index contributed by atoms with van der Waals surface area (Å²) in [6.07, 6.45) is 2.91. The lowest BCUT2D eigenvalue weighted by molar-refractivity contribution is -0.136. The molecule has 178 valence electrons. The number of nitrogens with one attached hydrogen (secondary N) is 1. The van der Waals surface area contributed by atoms with Crippen LogP contribution in [0.3, 0.4) is 0 Å². The van der Waals surface area contributed by atoms with E-state index < -0.39 is 6.04 Å². The van der Waals surface area contributed by atoms with E-state index in [1.165, 1.54) is 5.56 Å². The van der Waals surface area contributed by atoms with Crippen molar-refractivity contribution in [3.63, 3.8) is 0 Å². The fourth-order valence-electron chi connectivity index (χ4n) is 5.15. The highest BCUT2D eigenvalue weighted by Gasteiger charge is 2.39. The van der Waals surface area contributed by atoms with E-state index in [2.05, 4.69) is 61.4 Å². The summed E-state index contributed by atoms with van der Waals surface area (Å²) in [5.74, 6) is -0.749. The number of hydrogen-bond acceptors (Lipinski definition) is 5. The lowest BCUT2D eigenvalue weighted by Gasteiger charge is -2.36. The summed E-state index contributed by atoms with van der Waals surface area (Å²) in [5, 5.41) is 2.36. The number of piperazine rings is 1. The standard InChI is InChI=1S/C26H29BrN4O3/c27-20-5-3-18(4-6-20)2-1-11-29-12-14-30(15-13-29)21-7-8-22-19(16-21)17-31(26(22)34)23-9-10-24(32)28-25(23)33/h3-8,16,23H,1-2,9-15,17H2,(H,28,32,33). The molecule has 5 rings (SSSR count). The van der Waals surface area contributed by atoms with E-state index in [4.69, 9.17) is 0 Å². The van der Waals surface area contributed by atoms with Gasteiger partial charge in [0.15, 0.2) is 0 Å². The highest BCUT2D eigenvalue weighted by Crippen LogP contribution is 2.31. The van der Waals surface area contributed by atoms with Gasteiger partial charge < -0.3 is 9.80 Å². The van der Waals surface area contributed by atoms with E-state index in [-0.39, 0.29) is 24.1 Å². The Morgan fingerprint density at radius 2 is 1.74 bits per heavy atom. The number of anilines is 1. The van der Waals surface area contributed by atoms with Gasteiger partial charge in [0.05, 0.1) is 0 Å². The molecular formula is C26H29BrN4O3. The number of benzene rings is 2. The van der Waals surface area contributed by atoms with Gasteiger partial charge in [0.2, 0.25) is 11.8 Å². The molecule has 3 amide bonds. The van der Waals surface area contributed by atoms with Gasteiger partial charge in [0.1, 0.15) is 6.04 Å². The molecule has 2 fully saturated rings. The summed E-state index contributed by atoms with van der Waals surface area (Å²) >= 11 is 3.49. The zero-order valence-electron chi connectivity index (χ0n) is 19.1. The van der Waals surface area contributed by atoms with Crippen LogP contribution in [0, 0.1) is 0 Å². The quantitative estimate of drug-likeness (QED) is 0.588. The van der Waals surface area contributed by atoms with Crippen LogP contribution >= 0.6 is 15.9 Å². The summed E-state index contributed by atoms with van der Waals surface area (Å²) < 4.78 is 1.12. The van der Waals surface area contributed by atoms with Crippen molar-refractivity contribution in [1.29, 1.82) is 0 Å². The molecule has 0 bridgehead atoms. The fraction of sp³-hybridized carbons (Fsp3) is 0.423. The predicted molar refractivity (Wildman–Crippen MR) is 134 cm³/mol. The Morgan fingerprint density at radius 1 is 0.971 bits per heavy atom. The summed E-state index contributed by atoms with van der Waals surface area (Å²) in [5.41, 5.74) is 4.14. The fourth-order valence-corrected chi connectivity index (χ4v) is 5.41. The maximum Gasteiger partial charge on any atom is 0.255 e. The number of nitrogens with zero attached hydrogens (tertiary/aromatic N) is 3. The first-order valence-corrected chi connectivity index (χ1v) is 12.8. The van der Waals surface area contributed by atoms with Crippen molar-refractivity contribution in [3.8, 4) is 0 Å². The molecule has 0 saturated carbocycles. The van der Waals surface area contributed by atoms with Crippen molar-refractivity contribution in [3.05, 3.63) is 63.6 Å². The highest BCUT2D eigenvalue weighted by molar-refractivity contribution is 9.10. The summed E-state index contributed by atoms with van der Waals surface area (Å²) in [7, 11) is 0. The Morgan fingerprint density at radius 3 is 2.47 bits per heavy atom. The number of fused-ring (bicyclic) bond motifs is 1. The molecule has 0 aliphatic carbocycles. The second kappa shape index (κ2) is 9.88. The maximum absolute atomic E-state index is 12.9. The van der Waals surface area contributed by atoms with Crippen LogP contribution in [0.1, 0.15) is 40.7 Å². The van der Waals surface area contributed by atoms with E-state index in [0.717, 1.165) is 61.3 Å². The number of carbonyl (C=O) groups excluding carboxylic acids is 3. The second-order valence-corrected chi connectivity index (χ2v) is 10.2. The van der Waals surface area contributed by atoms with Gasteiger partial charge in [-0.2, -0.15) is 0 Å². The zero-order chi connectivity index (χ0) is 23.7. The van der Waals surface area contributed by atoms with E-state index in [0.29, 0.717) is 18.5 Å². The molecule has 3 aliphatic rings. The highest BCUT2D eigenvalue weighted by atomic mass is 79.9. The molecule has 0 spiro atoms. The third kappa shape index (κ3) is 4.88. The molecule has 1 atom stereocenters. The van der Waals surface area contributed by atoms with Crippen LogP contribution in [0.4, 0.5) is 5.69 Å². The Kier molecular flexibility index (Phi) is 6.70. The Hall–Kier alpha value is -2.71. The normalized spacial score (nSPS) is 21.1. The lowest BCUT2D eigenvalue weighted by atomic mass is 10.0. The third-order valence-corrected chi connectivity index (χ3v) is 7.63. The van der Waals surface area contributed by atoms with Gasteiger partial charge in [-0.3, -0.25) is 24.6 Å². The van der Waals surface area contributed by atoms with Crippen LogP contribution in [-0.2, 0) is 22.6 Å². The molecule has 1 N–H and O–H groups in total. The molecule has 7 nitrogen and oxygen atoms in total. The van der Waals surface area contributed by atoms with E-state index in [1.54, 1.807) is 4.90 Å². The third-order valence-electron chi connectivity index (χ3n) is 7.10. The minimum absolute atomic E-state index is 0.119. The molecular weight excluding hydrogens is 496 g/mol. The number of piperidine rings is 1. The minimum Gasteiger partial charge on any atom is -0.369 e. The smallest absolute Gasteiger partial charge is 0.255 e. The van der Waals surface area contributed by atoms with Gasteiger partial charge in [0, 0.05) is 54.9 Å². The number of imide groups is 1. The van der Waals surface area contributed by atoms with Crippen LogP contribution in [0.5, 0.6) is 0 Å². The number of hydrogen-bond donors (Lipinski definition) is 1. The molecule has 8 heteroatoms. The van der Waals surface area contributed by atoms with Crippen molar-refractivity contribution in [2.45, 2.75) is 38.3 Å². The largest absolute Gasteiger partial charge is 0.369 e. The van der Waals surface area contributed by atoms with Gasteiger partial charge in [-0.25, -0.2) is 0 Å². The number of rotatable bonds is 6. The number of amides is 3. The monoisotopic (exact) mass is 524 g/mol. The van der Waals surface area contributed by atoms with Crippen LogP contribution < -0.4 is 10.2 Å². The van der Waals surface area contributed by atoms with Crippen molar-refractivity contribution in [2.24, 2.45) is 0 Å². The molecule has 3 aliphatic heterocycles. The minimum atomic E-state index is -0.568. The van der Waals surface area contributed by atoms with Crippen LogP contribution in [0.2, 0.25) is 0 Å². The van der Waals surface area contributed by atoms with Crippen molar-refractivity contribution in [1.82, 2.24) is 15.1 Å². The van der Waals surface area contributed by atoms with Gasteiger partial charge in [0.25, 0.3) is 5.91 Å². The van der Waals surface area contributed by atoms with Gasteiger partial charge in [-0.15, -0.1) is 0 Å². The van der Waals surface area contributed by atoms with Crippen molar-refractivity contribution in [2.75, 3.05) is 37.6 Å². The van der Waals surface area contributed by atoms with Crippen molar-refractivity contribution >= 4 is 39.3 Å². The van der Waals surface area contributed by atoms with Crippen molar-refractivity contribution < 1.29 is 14.4 Å². The molecule has 34 heavy (non-hydrogen) atoms. The molecule has 1 unspecified atom stereocenters. The van der Waals surface area contributed by atoms with Crippen LogP contribution in [0.15, 0.2) is 46.9 Å². The first kappa shape index (κ1) is 23.1. The first-order valence-electron chi connectivity index (χ1n) is 12.0. The lowest BCUT2D eigenvalue weighted by Crippen LogP contribution is -2.52. The Balaban J connectivity index is 1.14. The van der Waals surface area contributed by atoms with Gasteiger partial charge >= 0.3 is 0 Å². The summed E-state index contributed by atoms with van der Waals surface area (Å²) in [4.78, 5) is 43.2. The number of carbonyl (C=O) groups is 3. The molecule has 2 saturated heterocycles. The molecule has 3 heterocycles. The maximum atomic E-state index is 12.9. The molecule has 0 radical (unpaired) electrons. The zero-order valence-corrected chi connectivity index (χ0v) is 20.7. The van der Waals surface area contributed by atoms with Crippen LogP contribution in [-0.4, -0.2) is 66.3 Å². The summed E-state index contributed by atoms with van der Waals surface area (Å²) in [6.45, 7) is 5.50. The average molecular weight is 525 g/mol. The second-order valence-electron chi connectivity index (χ2n) is 9.30. The van der Waals surface area contributed by atoms with E-state index >= 15 is 0 Å². The van der Waals surface area contributed by atoms with Gasteiger partial charge in [-0.1, -0.05) is 28.1 Å². The van der Waals surface area contributed by atoms with E-state index in [1.807, 2.05) is 12.1 Å². The topological polar surface area (TPSA) is 73.0 Å². The van der Waals surface area contributed by atoms with E-state index in [9.17, 15) is 14.4 Å². The Labute approximate surface area is 208 Å². The molecule has 2 aromatic rings. The number of halogens is 1. The van der Waals surface area contributed by atoms with Crippen LogP contribution in [0.25, 0.3) is 0 Å². The summed E-state index contributed by atoms with van der Waals surface area (Å²) in [6, 6.07) is 14.0. The first-order chi connectivity index (χ1) is 16.5. The Bertz CT molecular complexity index is 1100.